The number of rotatable bonds is 5. The van der Waals surface area contributed by atoms with E-state index in [4.69, 9.17) is 0 Å². The first-order chi connectivity index (χ1) is 16.0. The van der Waals surface area contributed by atoms with Gasteiger partial charge in [-0.15, -0.1) is 0 Å². The molecule has 5 rings (SSSR count). The lowest BCUT2D eigenvalue weighted by Crippen LogP contribution is -2.48. The van der Waals surface area contributed by atoms with E-state index in [1.165, 1.54) is 11.1 Å². The van der Waals surface area contributed by atoms with E-state index in [1.54, 1.807) is 16.8 Å². The molecule has 1 fully saturated rings. The van der Waals surface area contributed by atoms with Gasteiger partial charge in [0.1, 0.15) is 0 Å². The van der Waals surface area contributed by atoms with Crippen LogP contribution in [0, 0.1) is 13.8 Å². The van der Waals surface area contributed by atoms with Crippen molar-refractivity contribution in [3.05, 3.63) is 71.3 Å². The van der Waals surface area contributed by atoms with Crippen LogP contribution in [0.1, 0.15) is 34.2 Å². The van der Waals surface area contributed by atoms with Crippen molar-refractivity contribution in [2.75, 3.05) is 26.2 Å². The van der Waals surface area contributed by atoms with Gasteiger partial charge in [-0.3, -0.25) is 14.4 Å². The lowest BCUT2D eigenvalue weighted by atomic mass is 10.1. The molecule has 0 atom stereocenters. The Morgan fingerprint density at radius 1 is 1.03 bits per heavy atom. The molecule has 0 unspecified atom stereocenters. The highest BCUT2D eigenvalue weighted by atomic mass is 16.2. The first-order valence-electron chi connectivity index (χ1n) is 11.5. The fourth-order valence-corrected chi connectivity index (χ4v) is 4.44. The van der Waals surface area contributed by atoms with Crippen LogP contribution in [0.5, 0.6) is 0 Å². The van der Waals surface area contributed by atoms with E-state index in [0.29, 0.717) is 24.4 Å². The molecule has 1 aliphatic heterocycles. The maximum absolute atomic E-state index is 13.2. The van der Waals surface area contributed by atoms with Gasteiger partial charge in [0, 0.05) is 62.8 Å². The van der Waals surface area contributed by atoms with Gasteiger partial charge < -0.3 is 4.90 Å². The minimum absolute atomic E-state index is 0.0394. The summed E-state index contributed by atoms with van der Waals surface area (Å²) >= 11 is 0. The number of carbonyl (C=O) groups excluding carboxylic acids is 1. The molecule has 3 aromatic heterocycles. The zero-order valence-corrected chi connectivity index (χ0v) is 19.4. The number of fused-ring (bicyclic) bond motifs is 1. The van der Waals surface area contributed by atoms with Gasteiger partial charge in [-0.2, -0.15) is 10.2 Å². The molecule has 1 aromatic carbocycles. The first kappa shape index (κ1) is 21.3. The highest BCUT2D eigenvalue weighted by molar-refractivity contribution is 5.93. The summed E-state index contributed by atoms with van der Waals surface area (Å²) in [7, 11) is 0. The van der Waals surface area contributed by atoms with Crippen molar-refractivity contribution in [1.29, 1.82) is 0 Å². The first-order valence-corrected chi connectivity index (χ1v) is 11.5. The molecule has 4 aromatic rings. The fourth-order valence-electron chi connectivity index (χ4n) is 4.44. The Balaban J connectivity index is 1.31. The standard InChI is InChI=1S/C25H29N7O/c1-4-31-19(3)21(16-27-31)23-9-10-26-24-15-22(28-32(23)24)25(33)30-13-11-29(12-14-30)17-20-7-5-18(2)6-8-20/h5-10,15-16H,4,11-14,17H2,1-3H3. The van der Waals surface area contributed by atoms with Crippen molar-refractivity contribution in [3.8, 4) is 11.3 Å². The summed E-state index contributed by atoms with van der Waals surface area (Å²) in [4.78, 5) is 21.9. The second-order valence-corrected chi connectivity index (χ2v) is 8.64. The Morgan fingerprint density at radius 2 is 1.79 bits per heavy atom. The van der Waals surface area contributed by atoms with Crippen LogP contribution in [0.4, 0.5) is 0 Å². The Hall–Kier alpha value is -3.52. The minimum Gasteiger partial charge on any atom is -0.335 e. The van der Waals surface area contributed by atoms with Crippen LogP contribution in [0.25, 0.3) is 16.9 Å². The highest BCUT2D eigenvalue weighted by Gasteiger charge is 2.25. The minimum atomic E-state index is -0.0394. The van der Waals surface area contributed by atoms with Crippen molar-refractivity contribution >= 4 is 11.6 Å². The number of piperazine rings is 1. The third kappa shape index (κ3) is 4.14. The zero-order valence-electron chi connectivity index (χ0n) is 19.4. The quantitative estimate of drug-likeness (QED) is 0.474. The maximum atomic E-state index is 13.2. The van der Waals surface area contributed by atoms with E-state index in [2.05, 4.69) is 58.2 Å². The van der Waals surface area contributed by atoms with Crippen LogP contribution in [0.15, 0.2) is 48.8 Å². The molecule has 8 nitrogen and oxygen atoms in total. The van der Waals surface area contributed by atoms with Gasteiger partial charge in [0.15, 0.2) is 11.3 Å². The maximum Gasteiger partial charge on any atom is 0.274 e. The molecule has 8 heteroatoms. The zero-order chi connectivity index (χ0) is 22.9. The highest BCUT2D eigenvalue weighted by Crippen LogP contribution is 2.24. The smallest absolute Gasteiger partial charge is 0.274 e. The van der Waals surface area contributed by atoms with Crippen LogP contribution in [-0.2, 0) is 13.1 Å². The molecular formula is C25H29N7O. The van der Waals surface area contributed by atoms with E-state index in [0.717, 1.165) is 43.1 Å². The SMILES string of the molecule is CCn1ncc(-c2ccnc3cc(C(=O)N4CCN(Cc5ccc(C)cc5)CC4)nn23)c1C. The van der Waals surface area contributed by atoms with E-state index in [1.807, 2.05) is 28.8 Å². The molecule has 0 bridgehead atoms. The molecular weight excluding hydrogens is 414 g/mol. The van der Waals surface area contributed by atoms with Crippen molar-refractivity contribution in [1.82, 2.24) is 34.2 Å². The Kier molecular flexibility index (Phi) is 5.68. The number of amides is 1. The predicted octanol–water partition coefficient (Wildman–Crippen LogP) is 3.19. The average molecular weight is 444 g/mol. The van der Waals surface area contributed by atoms with Crippen molar-refractivity contribution in [2.24, 2.45) is 0 Å². The summed E-state index contributed by atoms with van der Waals surface area (Å²) < 4.78 is 3.71. The Labute approximate surface area is 193 Å². The van der Waals surface area contributed by atoms with Crippen molar-refractivity contribution in [2.45, 2.75) is 33.9 Å². The number of nitrogens with zero attached hydrogens (tertiary/aromatic N) is 7. The second-order valence-electron chi connectivity index (χ2n) is 8.64. The van der Waals surface area contributed by atoms with Gasteiger partial charge in [0.25, 0.3) is 5.91 Å². The third-order valence-corrected chi connectivity index (χ3v) is 6.44. The molecule has 1 amide bonds. The summed E-state index contributed by atoms with van der Waals surface area (Å²) in [6, 6.07) is 12.4. The summed E-state index contributed by atoms with van der Waals surface area (Å²) in [5, 5.41) is 9.10. The summed E-state index contributed by atoms with van der Waals surface area (Å²) in [5.41, 5.74) is 6.63. The van der Waals surface area contributed by atoms with Crippen LogP contribution >= 0.6 is 0 Å². The molecule has 1 saturated heterocycles. The largest absolute Gasteiger partial charge is 0.335 e. The molecule has 0 spiro atoms. The monoisotopic (exact) mass is 443 g/mol. The molecule has 1 aliphatic rings. The van der Waals surface area contributed by atoms with E-state index in [-0.39, 0.29) is 5.91 Å². The Bertz CT molecular complexity index is 1280. The van der Waals surface area contributed by atoms with Crippen molar-refractivity contribution in [3.63, 3.8) is 0 Å². The number of aryl methyl sites for hydroxylation is 2. The van der Waals surface area contributed by atoms with Gasteiger partial charge in [0.05, 0.1) is 11.9 Å². The molecule has 0 saturated carbocycles. The lowest BCUT2D eigenvalue weighted by molar-refractivity contribution is 0.0622. The predicted molar refractivity (Wildman–Crippen MR) is 127 cm³/mol. The van der Waals surface area contributed by atoms with Crippen molar-refractivity contribution < 1.29 is 4.79 Å². The van der Waals surface area contributed by atoms with Crippen LogP contribution < -0.4 is 0 Å². The average Bonchev–Trinajstić information content (AvgIpc) is 3.44. The Morgan fingerprint density at radius 3 is 2.48 bits per heavy atom. The van der Waals surface area contributed by atoms with Crippen LogP contribution in [0.3, 0.4) is 0 Å². The van der Waals surface area contributed by atoms with E-state index < -0.39 is 0 Å². The van der Waals surface area contributed by atoms with E-state index in [9.17, 15) is 4.79 Å². The molecule has 0 radical (unpaired) electrons. The number of aromatic nitrogens is 5. The molecule has 0 N–H and O–H groups in total. The van der Waals surface area contributed by atoms with Gasteiger partial charge in [-0.05, 0) is 32.4 Å². The van der Waals surface area contributed by atoms with Gasteiger partial charge in [0.2, 0.25) is 0 Å². The second kappa shape index (κ2) is 8.78. The number of hydrogen-bond acceptors (Lipinski definition) is 5. The molecule has 33 heavy (non-hydrogen) atoms. The van der Waals surface area contributed by atoms with Crippen LogP contribution in [-0.4, -0.2) is 66.3 Å². The molecule has 170 valence electrons. The number of carbonyl (C=O) groups is 1. The van der Waals surface area contributed by atoms with E-state index >= 15 is 0 Å². The lowest BCUT2D eigenvalue weighted by Gasteiger charge is -2.34. The summed E-state index contributed by atoms with van der Waals surface area (Å²) in [6.45, 7) is 11.0. The normalized spacial score (nSPS) is 14.8. The molecule has 4 heterocycles. The third-order valence-electron chi connectivity index (χ3n) is 6.44. The molecule has 0 aliphatic carbocycles. The number of hydrogen-bond donors (Lipinski definition) is 0. The van der Waals surface area contributed by atoms with Crippen LogP contribution in [0.2, 0.25) is 0 Å². The number of benzene rings is 1. The van der Waals surface area contributed by atoms with Gasteiger partial charge in [-0.1, -0.05) is 29.8 Å². The topological polar surface area (TPSA) is 71.6 Å². The summed E-state index contributed by atoms with van der Waals surface area (Å²) in [6.07, 6.45) is 3.61. The van der Waals surface area contributed by atoms with Gasteiger partial charge >= 0.3 is 0 Å². The fraction of sp³-hybridized carbons (Fsp3) is 0.360. The van der Waals surface area contributed by atoms with Gasteiger partial charge in [-0.25, -0.2) is 9.50 Å². The summed E-state index contributed by atoms with van der Waals surface area (Å²) in [5.74, 6) is -0.0394.